The molecule has 1 aromatic heterocycles. The minimum Gasteiger partial charge on any atom is -0.478 e. The molecule has 2 rings (SSSR count). The van der Waals surface area contributed by atoms with E-state index in [2.05, 4.69) is 34.4 Å². The Morgan fingerprint density at radius 2 is 2.05 bits per heavy atom. The van der Waals surface area contributed by atoms with Gasteiger partial charge < -0.3 is 15.7 Å². The normalized spacial score (nSPS) is 11.7. The number of hydrogen-bond acceptors (Lipinski definition) is 5. The molecule has 0 aliphatic carbocycles. The smallest absolute Gasteiger partial charge is 0.335 e. The molecule has 6 nitrogen and oxygen atoms in total. The maximum atomic E-state index is 11.0. The molecule has 0 bridgehead atoms. The van der Waals surface area contributed by atoms with E-state index in [0.717, 1.165) is 12.2 Å². The van der Waals surface area contributed by atoms with Gasteiger partial charge in [0.25, 0.3) is 0 Å². The van der Waals surface area contributed by atoms with E-state index < -0.39 is 5.97 Å². The van der Waals surface area contributed by atoms with Gasteiger partial charge in [-0.3, -0.25) is 0 Å². The minimum absolute atomic E-state index is 0.229. The summed E-state index contributed by atoms with van der Waals surface area (Å²) < 4.78 is 0. The van der Waals surface area contributed by atoms with Gasteiger partial charge in [0, 0.05) is 17.8 Å². The van der Waals surface area contributed by atoms with E-state index in [1.807, 2.05) is 0 Å². The molecule has 2 aromatic rings. The molecule has 1 unspecified atom stereocenters. The molecule has 0 spiro atoms. The molecule has 0 fully saturated rings. The van der Waals surface area contributed by atoms with Gasteiger partial charge in [-0.25, -0.2) is 14.8 Å². The van der Waals surface area contributed by atoms with Crippen molar-refractivity contribution < 1.29 is 9.90 Å². The molecule has 6 heteroatoms. The van der Waals surface area contributed by atoms with Crippen molar-refractivity contribution >= 4 is 23.3 Å². The summed E-state index contributed by atoms with van der Waals surface area (Å²) in [4.78, 5) is 19.2. The van der Waals surface area contributed by atoms with Crippen LogP contribution >= 0.6 is 0 Å². The molecular weight excluding hydrogens is 268 g/mol. The topological polar surface area (TPSA) is 87.1 Å². The van der Waals surface area contributed by atoms with E-state index >= 15 is 0 Å². The maximum Gasteiger partial charge on any atom is 0.335 e. The van der Waals surface area contributed by atoms with Crippen molar-refractivity contribution in [2.45, 2.75) is 26.3 Å². The van der Waals surface area contributed by atoms with Crippen molar-refractivity contribution in [3.05, 3.63) is 42.2 Å². The quantitative estimate of drug-likeness (QED) is 0.756. The monoisotopic (exact) mass is 286 g/mol. The molecule has 0 aliphatic rings. The lowest BCUT2D eigenvalue weighted by Crippen LogP contribution is -2.14. The molecule has 1 atom stereocenters. The number of aromatic nitrogens is 2. The molecule has 1 aromatic carbocycles. The van der Waals surface area contributed by atoms with Crippen LogP contribution in [0.2, 0.25) is 0 Å². The van der Waals surface area contributed by atoms with Crippen molar-refractivity contribution in [1.29, 1.82) is 0 Å². The van der Waals surface area contributed by atoms with Crippen LogP contribution in [0.15, 0.2) is 36.7 Å². The molecule has 1 heterocycles. The van der Waals surface area contributed by atoms with Gasteiger partial charge in [0.05, 0.1) is 5.56 Å². The summed E-state index contributed by atoms with van der Waals surface area (Å²) in [6, 6.07) is 8.69. The summed E-state index contributed by atoms with van der Waals surface area (Å²) in [7, 11) is 0. The van der Waals surface area contributed by atoms with Gasteiger partial charge in [0.1, 0.15) is 18.0 Å². The summed E-state index contributed by atoms with van der Waals surface area (Å²) in [5.41, 5.74) is 0.898. The summed E-state index contributed by atoms with van der Waals surface area (Å²) >= 11 is 0. The lowest BCUT2D eigenvalue weighted by atomic mass is 10.2. The van der Waals surface area contributed by atoms with E-state index in [1.165, 1.54) is 6.33 Å². The number of rotatable bonds is 6. The van der Waals surface area contributed by atoms with Crippen molar-refractivity contribution in [2.24, 2.45) is 0 Å². The number of carboxylic acid groups (broad SMARTS) is 1. The third kappa shape index (κ3) is 4.17. The largest absolute Gasteiger partial charge is 0.478 e. The third-order valence-corrected chi connectivity index (χ3v) is 3.06. The van der Waals surface area contributed by atoms with Crippen LogP contribution in [0.4, 0.5) is 17.3 Å². The number of aromatic carboxylic acids is 1. The Morgan fingerprint density at radius 3 is 2.76 bits per heavy atom. The van der Waals surface area contributed by atoms with E-state index in [-0.39, 0.29) is 5.56 Å². The Morgan fingerprint density at radius 1 is 1.29 bits per heavy atom. The zero-order valence-electron chi connectivity index (χ0n) is 12.0. The van der Waals surface area contributed by atoms with Gasteiger partial charge in [-0.15, -0.1) is 0 Å². The second-order valence-electron chi connectivity index (χ2n) is 4.75. The first-order valence-corrected chi connectivity index (χ1v) is 6.77. The number of nitrogens with one attached hydrogen (secondary N) is 2. The lowest BCUT2D eigenvalue weighted by molar-refractivity contribution is 0.0697. The molecule has 0 saturated heterocycles. The Bertz CT molecular complexity index is 631. The van der Waals surface area contributed by atoms with Crippen LogP contribution < -0.4 is 10.6 Å². The fourth-order valence-electron chi connectivity index (χ4n) is 1.74. The number of benzene rings is 1. The first-order valence-electron chi connectivity index (χ1n) is 6.77. The van der Waals surface area contributed by atoms with Gasteiger partial charge in [-0.1, -0.05) is 13.0 Å². The van der Waals surface area contributed by atoms with Crippen LogP contribution in [-0.4, -0.2) is 27.1 Å². The van der Waals surface area contributed by atoms with Crippen LogP contribution in [0, 0.1) is 0 Å². The highest BCUT2D eigenvalue weighted by atomic mass is 16.4. The molecule has 110 valence electrons. The molecule has 3 N–H and O–H groups in total. The van der Waals surface area contributed by atoms with Crippen LogP contribution in [0.5, 0.6) is 0 Å². The molecule has 0 radical (unpaired) electrons. The number of hydrogen-bond donors (Lipinski definition) is 3. The molecule has 0 aliphatic heterocycles. The van der Waals surface area contributed by atoms with E-state index in [0.29, 0.717) is 17.5 Å². The van der Waals surface area contributed by atoms with Gasteiger partial charge in [-0.05, 0) is 31.5 Å². The van der Waals surface area contributed by atoms with Crippen LogP contribution in [-0.2, 0) is 0 Å². The second-order valence-corrected chi connectivity index (χ2v) is 4.75. The van der Waals surface area contributed by atoms with Crippen molar-refractivity contribution in [3.63, 3.8) is 0 Å². The minimum atomic E-state index is -0.958. The first kappa shape index (κ1) is 14.8. The number of nitrogens with zero attached hydrogens (tertiary/aromatic N) is 2. The third-order valence-electron chi connectivity index (χ3n) is 3.06. The van der Waals surface area contributed by atoms with Crippen molar-refractivity contribution in [3.8, 4) is 0 Å². The predicted molar refractivity (Wildman–Crippen MR) is 82.1 cm³/mol. The van der Waals surface area contributed by atoms with Gasteiger partial charge in [-0.2, -0.15) is 0 Å². The average Bonchev–Trinajstić information content (AvgIpc) is 2.47. The number of carboxylic acids is 1. The average molecular weight is 286 g/mol. The molecule has 21 heavy (non-hydrogen) atoms. The fourth-order valence-corrected chi connectivity index (χ4v) is 1.74. The van der Waals surface area contributed by atoms with E-state index in [4.69, 9.17) is 5.11 Å². The first-order chi connectivity index (χ1) is 10.1. The Balaban J connectivity index is 2.14. The van der Waals surface area contributed by atoms with Crippen molar-refractivity contribution in [2.75, 3.05) is 10.6 Å². The summed E-state index contributed by atoms with van der Waals surface area (Å²) in [6.07, 6.45) is 2.46. The molecular formula is C15H18N4O2. The highest BCUT2D eigenvalue weighted by molar-refractivity contribution is 5.89. The van der Waals surface area contributed by atoms with Gasteiger partial charge in [0.15, 0.2) is 0 Å². The Hall–Kier alpha value is -2.63. The Kier molecular flexibility index (Phi) is 4.71. The highest BCUT2D eigenvalue weighted by Gasteiger charge is 2.05. The van der Waals surface area contributed by atoms with E-state index in [9.17, 15) is 4.79 Å². The lowest BCUT2D eigenvalue weighted by Gasteiger charge is -2.13. The zero-order chi connectivity index (χ0) is 15.2. The number of carbonyl (C=O) groups is 1. The second kappa shape index (κ2) is 6.69. The van der Waals surface area contributed by atoms with Crippen LogP contribution in [0.3, 0.4) is 0 Å². The Labute approximate surface area is 123 Å². The van der Waals surface area contributed by atoms with Crippen LogP contribution in [0.1, 0.15) is 30.6 Å². The maximum absolute atomic E-state index is 11.0. The SMILES string of the molecule is CCC(C)Nc1cc(Nc2cccc(C(=O)O)c2)ncn1. The van der Waals surface area contributed by atoms with Gasteiger partial charge in [0.2, 0.25) is 0 Å². The predicted octanol–water partition coefficient (Wildman–Crippen LogP) is 3.13. The molecule has 0 saturated carbocycles. The molecule has 0 amide bonds. The standard InChI is InChI=1S/C15H18N4O2/c1-3-10(2)18-13-8-14(17-9-16-13)19-12-6-4-5-11(7-12)15(20)21/h4-10H,3H2,1-2H3,(H,20,21)(H2,16,17,18,19). The highest BCUT2D eigenvalue weighted by Crippen LogP contribution is 2.18. The van der Waals surface area contributed by atoms with Gasteiger partial charge >= 0.3 is 5.97 Å². The number of anilines is 3. The summed E-state index contributed by atoms with van der Waals surface area (Å²) in [5.74, 6) is 0.384. The van der Waals surface area contributed by atoms with E-state index in [1.54, 1.807) is 30.3 Å². The summed E-state index contributed by atoms with van der Waals surface area (Å²) in [6.45, 7) is 4.17. The zero-order valence-corrected chi connectivity index (χ0v) is 12.0. The summed E-state index contributed by atoms with van der Waals surface area (Å²) in [5, 5.41) is 15.3. The van der Waals surface area contributed by atoms with Crippen LogP contribution in [0.25, 0.3) is 0 Å². The van der Waals surface area contributed by atoms with Crippen molar-refractivity contribution in [1.82, 2.24) is 9.97 Å². The fraction of sp³-hybridized carbons (Fsp3) is 0.267.